The fourth-order valence-corrected chi connectivity index (χ4v) is 0.838. The van der Waals surface area contributed by atoms with E-state index in [-0.39, 0.29) is 22.7 Å². The van der Waals surface area contributed by atoms with Gasteiger partial charge in [0.05, 0.1) is 4.83 Å². The molecule has 1 unspecified atom stereocenters. The summed E-state index contributed by atoms with van der Waals surface area (Å²) in [7, 11) is 0. The van der Waals surface area contributed by atoms with E-state index in [1.807, 2.05) is 13.8 Å². The summed E-state index contributed by atoms with van der Waals surface area (Å²) < 4.78 is 5.19. The monoisotopic (exact) mass is 261 g/mol. The van der Waals surface area contributed by atoms with Gasteiger partial charge in [0.1, 0.15) is 0 Å². The lowest BCUT2D eigenvalue weighted by Crippen LogP contribution is -2.20. The van der Waals surface area contributed by atoms with Crippen molar-refractivity contribution < 1.29 is 9.21 Å². The van der Waals surface area contributed by atoms with Crippen LogP contribution in [0.25, 0.3) is 0 Å². The van der Waals surface area contributed by atoms with E-state index in [1.165, 1.54) is 0 Å². The molecule has 0 saturated carbocycles. The van der Waals surface area contributed by atoms with Crippen LogP contribution in [0.2, 0.25) is 0 Å². The number of rotatable bonds is 3. The number of hydrogen-bond donors (Lipinski definition) is 1. The summed E-state index contributed by atoms with van der Waals surface area (Å²) in [6.45, 7) is 5.59. The maximum Gasteiger partial charge on any atom is 0.322 e. The molecule has 0 saturated heterocycles. The standard InChI is InChI=1S/C8H12BrN3O2/c1-4(2)7-11-12-8(14-7)10-6(13)5(3)9/h4-5H,1-3H3,(H,10,12,13). The summed E-state index contributed by atoms with van der Waals surface area (Å²) in [5.74, 6) is 0.473. The van der Waals surface area contributed by atoms with Gasteiger partial charge < -0.3 is 4.42 Å². The summed E-state index contributed by atoms with van der Waals surface area (Å²) in [6.07, 6.45) is 0. The largest absolute Gasteiger partial charge is 0.408 e. The minimum absolute atomic E-state index is 0.144. The van der Waals surface area contributed by atoms with Gasteiger partial charge in [-0.25, -0.2) is 0 Å². The van der Waals surface area contributed by atoms with Crippen LogP contribution in [0.3, 0.4) is 0 Å². The second-order valence-corrected chi connectivity index (χ2v) is 4.58. The molecule has 78 valence electrons. The molecule has 5 nitrogen and oxygen atoms in total. The molecule has 0 aliphatic heterocycles. The third kappa shape index (κ3) is 2.80. The van der Waals surface area contributed by atoms with Gasteiger partial charge in [0.15, 0.2) is 0 Å². The predicted molar refractivity (Wildman–Crippen MR) is 55.4 cm³/mol. The third-order valence-electron chi connectivity index (χ3n) is 1.53. The summed E-state index contributed by atoms with van der Waals surface area (Å²) in [5, 5.41) is 9.96. The third-order valence-corrected chi connectivity index (χ3v) is 1.94. The first kappa shape index (κ1) is 11.2. The molecule has 0 fully saturated rings. The second-order valence-electron chi connectivity index (χ2n) is 3.21. The van der Waals surface area contributed by atoms with Gasteiger partial charge in [-0.05, 0) is 6.92 Å². The zero-order chi connectivity index (χ0) is 10.7. The maximum absolute atomic E-state index is 11.2. The van der Waals surface area contributed by atoms with Crippen LogP contribution < -0.4 is 5.32 Å². The molecule has 0 aromatic carbocycles. The first-order chi connectivity index (χ1) is 6.50. The number of amides is 1. The number of alkyl halides is 1. The Morgan fingerprint density at radius 2 is 2.07 bits per heavy atom. The quantitative estimate of drug-likeness (QED) is 0.845. The lowest BCUT2D eigenvalue weighted by Gasteiger charge is -2.00. The van der Waals surface area contributed by atoms with Gasteiger partial charge in [-0.15, -0.1) is 5.10 Å². The van der Waals surface area contributed by atoms with Crippen LogP contribution in [-0.2, 0) is 4.79 Å². The molecule has 0 aliphatic carbocycles. The van der Waals surface area contributed by atoms with Crippen LogP contribution in [0.1, 0.15) is 32.6 Å². The van der Waals surface area contributed by atoms with Crippen LogP contribution in [0.5, 0.6) is 0 Å². The lowest BCUT2D eigenvalue weighted by atomic mass is 10.2. The molecule has 6 heteroatoms. The van der Waals surface area contributed by atoms with Crippen molar-refractivity contribution in [1.29, 1.82) is 0 Å². The fraction of sp³-hybridized carbons (Fsp3) is 0.625. The van der Waals surface area contributed by atoms with E-state index in [4.69, 9.17) is 4.42 Å². The smallest absolute Gasteiger partial charge is 0.322 e. The van der Waals surface area contributed by atoms with E-state index >= 15 is 0 Å². The molecule has 1 aromatic heterocycles. The molecule has 1 amide bonds. The fourth-order valence-electron chi connectivity index (χ4n) is 0.723. The first-order valence-electron chi connectivity index (χ1n) is 4.29. The molecular weight excluding hydrogens is 250 g/mol. The SMILES string of the molecule is CC(Br)C(=O)Nc1nnc(C(C)C)o1. The van der Waals surface area contributed by atoms with E-state index in [1.54, 1.807) is 6.92 Å². The highest BCUT2D eigenvalue weighted by molar-refractivity contribution is 9.10. The first-order valence-corrected chi connectivity index (χ1v) is 5.20. The van der Waals surface area contributed by atoms with Crippen molar-refractivity contribution in [2.75, 3.05) is 5.32 Å². The Morgan fingerprint density at radius 3 is 2.50 bits per heavy atom. The average molecular weight is 262 g/mol. The average Bonchev–Trinajstić information content (AvgIpc) is 2.52. The molecule has 1 atom stereocenters. The number of carbonyl (C=O) groups is 1. The van der Waals surface area contributed by atoms with E-state index in [0.717, 1.165) is 0 Å². The van der Waals surface area contributed by atoms with Crippen LogP contribution in [0.4, 0.5) is 6.01 Å². The van der Waals surface area contributed by atoms with Gasteiger partial charge in [0.2, 0.25) is 11.8 Å². The molecule has 1 heterocycles. The van der Waals surface area contributed by atoms with Gasteiger partial charge >= 0.3 is 6.01 Å². The van der Waals surface area contributed by atoms with Crippen LogP contribution in [0, 0.1) is 0 Å². The summed E-state index contributed by atoms with van der Waals surface area (Å²) >= 11 is 3.13. The van der Waals surface area contributed by atoms with Crippen molar-refractivity contribution in [1.82, 2.24) is 10.2 Å². The molecule has 1 rings (SSSR count). The number of carbonyl (C=O) groups excluding carboxylic acids is 1. The molecule has 0 aliphatic rings. The van der Waals surface area contributed by atoms with Gasteiger partial charge in [0, 0.05) is 5.92 Å². The van der Waals surface area contributed by atoms with E-state index in [0.29, 0.717) is 5.89 Å². The molecule has 14 heavy (non-hydrogen) atoms. The van der Waals surface area contributed by atoms with E-state index in [9.17, 15) is 4.79 Å². The van der Waals surface area contributed by atoms with Gasteiger partial charge in [-0.2, -0.15) is 0 Å². The van der Waals surface area contributed by atoms with Crippen LogP contribution >= 0.6 is 15.9 Å². The van der Waals surface area contributed by atoms with Gasteiger partial charge in [-0.3, -0.25) is 10.1 Å². The van der Waals surface area contributed by atoms with Crippen molar-refractivity contribution >= 4 is 27.9 Å². The van der Waals surface area contributed by atoms with Crippen LogP contribution in [0.15, 0.2) is 4.42 Å². The molecule has 0 spiro atoms. The minimum Gasteiger partial charge on any atom is -0.408 e. The maximum atomic E-state index is 11.2. The highest BCUT2D eigenvalue weighted by Gasteiger charge is 2.14. The molecular formula is C8H12BrN3O2. The van der Waals surface area contributed by atoms with Gasteiger partial charge in [-0.1, -0.05) is 34.9 Å². The van der Waals surface area contributed by atoms with Gasteiger partial charge in [0.25, 0.3) is 0 Å². The number of aromatic nitrogens is 2. The molecule has 0 bridgehead atoms. The summed E-state index contributed by atoms with van der Waals surface area (Å²) in [5.41, 5.74) is 0. The predicted octanol–water partition coefficient (Wildman–Crippen LogP) is 1.91. The molecule has 0 radical (unpaired) electrons. The Balaban J connectivity index is 2.64. The van der Waals surface area contributed by atoms with Crippen molar-refractivity contribution in [3.63, 3.8) is 0 Å². The zero-order valence-electron chi connectivity index (χ0n) is 8.24. The normalized spacial score (nSPS) is 12.9. The Kier molecular flexibility index (Phi) is 3.62. The van der Waals surface area contributed by atoms with Crippen molar-refractivity contribution in [2.45, 2.75) is 31.5 Å². The highest BCUT2D eigenvalue weighted by Crippen LogP contribution is 2.15. The van der Waals surface area contributed by atoms with Crippen LogP contribution in [-0.4, -0.2) is 20.9 Å². The Bertz CT molecular complexity index is 322. The zero-order valence-corrected chi connectivity index (χ0v) is 9.83. The number of halogens is 1. The van der Waals surface area contributed by atoms with E-state index in [2.05, 4.69) is 31.4 Å². The number of nitrogens with zero attached hydrogens (tertiary/aromatic N) is 2. The minimum atomic E-state index is -0.281. The van der Waals surface area contributed by atoms with Crippen molar-refractivity contribution in [3.8, 4) is 0 Å². The molecule has 1 aromatic rings. The topological polar surface area (TPSA) is 68.0 Å². The van der Waals surface area contributed by atoms with E-state index < -0.39 is 0 Å². The Hall–Kier alpha value is -0.910. The summed E-state index contributed by atoms with van der Waals surface area (Å²) in [4.78, 5) is 10.9. The molecule has 1 N–H and O–H groups in total. The number of anilines is 1. The lowest BCUT2D eigenvalue weighted by molar-refractivity contribution is -0.115. The number of nitrogens with one attached hydrogen (secondary N) is 1. The Labute approximate surface area is 90.4 Å². The summed E-state index contributed by atoms with van der Waals surface area (Å²) in [6, 6.07) is 0.144. The highest BCUT2D eigenvalue weighted by atomic mass is 79.9. The van der Waals surface area contributed by atoms with Crippen molar-refractivity contribution in [2.24, 2.45) is 0 Å². The number of hydrogen-bond acceptors (Lipinski definition) is 4. The Morgan fingerprint density at radius 1 is 1.43 bits per heavy atom. The second kappa shape index (κ2) is 4.54. The van der Waals surface area contributed by atoms with Crippen molar-refractivity contribution in [3.05, 3.63) is 5.89 Å².